The Balaban J connectivity index is 1.32. The number of likely N-dealkylation sites (tertiary alicyclic amines) is 1. The largest absolute Gasteiger partial charge is 0.351 e. The molecule has 2 fully saturated rings. The summed E-state index contributed by atoms with van der Waals surface area (Å²) >= 11 is 0. The smallest absolute Gasteiger partial charge is 0.321 e. The number of nitrogens with one attached hydrogen (secondary N) is 4. The molecule has 16 nitrogen and oxygen atoms in total. The molecular weight excluding hydrogens is 867 g/mol. The summed E-state index contributed by atoms with van der Waals surface area (Å²) in [6, 6.07) is 14.3. The second-order valence-electron chi connectivity index (χ2n) is 19.1. The Morgan fingerprint density at radius 2 is 1.46 bits per heavy atom. The van der Waals surface area contributed by atoms with Crippen molar-refractivity contribution in [3.63, 3.8) is 0 Å². The molecule has 0 radical (unpaired) electrons. The SMILES string of the molecule is CCC[C@H](CC(=O)[C@@H]1CN(C(=O)Nc2ccccc2)CC1NC(=O)[C@@H](CC(=O)[C@@H](NC(=O)c1cnccn1)C1CCCCC1)C(C)(C)C)C(=O)C(=O)CCC(=O)N[C@H](C(=O)CC)c1ccccc1. The molecule has 3 aromatic rings. The maximum atomic E-state index is 14.6. The number of para-hydroxylation sites is 1. The van der Waals surface area contributed by atoms with Gasteiger partial charge in [-0.3, -0.25) is 43.3 Å². The minimum absolute atomic E-state index is 0.0601. The number of anilines is 1. The van der Waals surface area contributed by atoms with Crippen LogP contribution in [-0.2, 0) is 33.6 Å². The average molecular weight is 934 g/mol. The van der Waals surface area contributed by atoms with Crippen LogP contribution in [0.25, 0.3) is 0 Å². The zero-order valence-electron chi connectivity index (χ0n) is 40.0. The van der Waals surface area contributed by atoms with Gasteiger partial charge < -0.3 is 26.2 Å². The van der Waals surface area contributed by atoms with Crippen LogP contribution in [-0.4, -0.2) is 92.7 Å². The molecule has 1 aliphatic heterocycles. The van der Waals surface area contributed by atoms with Crippen molar-refractivity contribution in [3.8, 4) is 0 Å². The van der Waals surface area contributed by atoms with Crippen molar-refractivity contribution in [2.45, 2.75) is 130 Å². The molecule has 16 heteroatoms. The van der Waals surface area contributed by atoms with E-state index in [9.17, 15) is 43.2 Å². The summed E-state index contributed by atoms with van der Waals surface area (Å²) < 4.78 is 0. The van der Waals surface area contributed by atoms with E-state index in [-0.39, 0.29) is 68.4 Å². The molecule has 6 atom stereocenters. The summed E-state index contributed by atoms with van der Waals surface area (Å²) in [6.07, 6.45) is 7.98. The molecule has 1 saturated heterocycles. The van der Waals surface area contributed by atoms with Crippen molar-refractivity contribution in [1.82, 2.24) is 30.8 Å². The van der Waals surface area contributed by atoms with E-state index in [2.05, 4.69) is 31.2 Å². The van der Waals surface area contributed by atoms with Crippen LogP contribution in [0.4, 0.5) is 10.5 Å². The molecule has 2 aromatic carbocycles. The van der Waals surface area contributed by atoms with Crippen LogP contribution in [0.1, 0.15) is 134 Å². The molecular formula is C52H67N7O9. The van der Waals surface area contributed by atoms with E-state index in [1.165, 1.54) is 23.5 Å². The molecule has 1 unspecified atom stereocenters. The van der Waals surface area contributed by atoms with Crippen LogP contribution < -0.4 is 21.3 Å². The zero-order chi connectivity index (χ0) is 49.4. The van der Waals surface area contributed by atoms with Gasteiger partial charge in [0.2, 0.25) is 17.6 Å². The molecule has 4 N–H and O–H groups in total. The van der Waals surface area contributed by atoms with Gasteiger partial charge in [0, 0.05) is 75.1 Å². The van der Waals surface area contributed by atoms with Gasteiger partial charge >= 0.3 is 6.03 Å². The molecule has 1 aliphatic carbocycles. The molecule has 1 aromatic heterocycles. The van der Waals surface area contributed by atoms with Crippen molar-refractivity contribution in [2.75, 3.05) is 18.4 Å². The molecule has 0 bridgehead atoms. The van der Waals surface area contributed by atoms with Crippen LogP contribution in [0.3, 0.4) is 0 Å². The van der Waals surface area contributed by atoms with Crippen LogP contribution >= 0.6 is 0 Å². The summed E-state index contributed by atoms with van der Waals surface area (Å²) in [5, 5.41) is 11.5. The minimum Gasteiger partial charge on any atom is -0.351 e. The second kappa shape index (κ2) is 25.1. The van der Waals surface area contributed by atoms with E-state index < -0.39 is 88.8 Å². The van der Waals surface area contributed by atoms with Crippen molar-refractivity contribution in [2.24, 2.45) is 29.1 Å². The maximum absolute atomic E-state index is 14.6. The average Bonchev–Trinajstić information content (AvgIpc) is 3.77. The van der Waals surface area contributed by atoms with Crippen LogP contribution in [0.5, 0.6) is 0 Å². The van der Waals surface area contributed by atoms with Crippen LogP contribution in [0, 0.1) is 29.1 Å². The number of aromatic nitrogens is 2. The van der Waals surface area contributed by atoms with Crippen LogP contribution in [0.15, 0.2) is 79.3 Å². The van der Waals surface area contributed by atoms with E-state index in [0.717, 1.165) is 32.1 Å². The van der Waals surface area contributed by atoms with Gasteiger partial charge in [-0.2, -0.15) is 0 Å². The number of rotatable bonds is 23. The Kier molecular flexibility index (Phi) is 19.4. The Bertz CT molecular complexity index is 2240. The highest BCUT2D eigenvalue weighted by Gasteiger charge is 2.45. The monoisotopic (exact) mass is 934 g/mol. The topological polar surface area (TPSA) is 231 Å². The highest BCUT2D eigenvalue weighted by Crippen LogP contribution is 2.34. The Morgan fingerprint density at radius 3 is 2.07 bits per heavy atom. The number of amides is 5. The number of ketones is 5. The Labute approximate surface area is 399 Å². The number of Topliss-reactive ketones (excluding diaryl/α,β-unsaturated/α-hetero) is 5. The first-order valence-electron chi connectivity index (χ1n) is 24.0. The van der Waals surface area contributed by atoms with Crippen molar-refractivity contribution in [1.29, 1.82) is 0 Å². The van der Waals surface area contributed by atoms with Gasteiger partial charge in [0.1, 0.15) is 17.5 Å². The van der Waals surface area contributed by atoms with E-state index in [0.29, 0.717) is 17.7 Å². The van der Waals surface area contributed by atoms with Gasteiger partial charge in [-0.05, 0) is 48.3 Å². The first kappa shape index (κ1) is 52.5. The molecule has 2 aliphatic rings. The fourth-order valence-electron chi connectivity index (χ4n) is 9.21. The summed E-state index contributed by atoms with van der Waals surface area (Å²) in [4.78, 5) is 133. The highest BCUT2D eigenvalue weighted by molar-refractivity contribution is 6.38. The predicted octanol–water partition coefficient (Wildman–Crippen LogP) is 6.56. The third kappa shape index (κ3) is 14.8. The number of benzene rings is 2. The first-order chi connectivity index (χ1) is 32.5. The van der Waals surface area contributed by atoms with Gasteiger partial charge in [-0.1, -0.05) is 109 Å². The third-order valence-electron chi connectivity index (χ3n) is 13.1. The van der Waals surface area contributed by atoms with Crippen LogP contribution in [0.2, 0.25) is 0 Å². The summed E-state index contributed by atoms with van der Waals surface area (Å²) in [6.45, 7) is 8.86. The fourth-order valence-corrected chi connectivity index (χ4v) is 9.21. The number of nitrogens with zero attached hydrogens (tertiary/aromatic N) is 3. The lowest BCUT2D eigenvalue weighted by molar-refractivity contribution is -0.141. The van der Waals surface area contributed by atoms with E-state index in [4.69, 9.17) is 0 Å². The third-order valence-corrected chi connectivity index (χ3v) is 13.1. The second-order valence-corrected chi connectivity index (χ2v) is 19.1. The standard InChI is InChI=1S/C52H67N7O9/c1-6-17-35(48(65)42(61)24-25-45(64)57-46(41(60)7-2)33-18-11-8-12-19-33)28-43(62)37-31-59(51(68)55-36-22-15-10-16-23-36)32-40(37)56-49(66)38(52(3,4)5)29-44(63)47(34-20-13-9-14-21-34)58-50(67)39-30-53-26-27-54-39/h8,10-12,15-16,18-19,22-23,26-27,30,34-35,37-38,40,46-47H,6-7,9,13-14,17,20-21,24-25,28-29,31-32H2,1-5H3,(H,55,68)(H,56,66)(H,57,64)(H,58,67)/t35-,37-,38-,40?,46+,47+/m1/s1. The molecule has 2 heterocycles. The Morgan fingerprint density at radius 1 is 0.779 bits per heavy atom. The molecule has 1 saturated carbocycles. The molecule has 364 valence electrons. The number of carbonyl (C=O) groups is 9. The number of hydrogen-bond acceptors (Lipinski definition) is 11. The maximum Gasteiger partial charge on any atom is 0.321 e. The lowest BCUT2D eigenvalue weighted by Gasteiger charge is -2.34. The fraction of sp³-hybridized carbons (Fsp3) is 0.519. The molecule has 5 rings (SSSR count). The van der Waals surface area contributed by atoms with Gasteiger partial charge in [-0.25, -0.2) is 9.78 Å². The van der Waals surface area contributed by atoms with Gasteiger partial charge in [-0.15, -0.1) is 0 Å². The number of carbonyl (C=O) groups excluding carboxylic acids is 9. The lowest BCUT2D eigenvalue weighted by atomic mass is 9.74. The first-order valence-corrected chi connectivity index (χ1v) is 24.0. The summed E-state index contributed by atoms with van der Waals surface area (Å²) in [5.74, 6) is -7.22. The molecule has 5 amide bonds. The van der Waals surface area contributed by atoms with E-state index in [1.54, 1.807) is 67.6 Å². The van der Waals surface area contributed by atoms with Gasteiger partial charge in [0.05, 0.1) is 24.2 Å². The highest BCUT2D eigenvalue weighted by atomic mass is 16.2. The molecule has 0 spiro atoms. The zero-order valence-corrected chi connectivity index (χ0v) is 40.0. The summed E-state index contributed by atoms with van der Waals surface area (Å²) in [5.41, 5.74) is 0.419. The van der Waals surface area contributed by atoms with Gasteiger partial charge in [0.15, 0.2) is 17.3 Å². The van der Waals surface area contributed by atoms with Crippen molar-refractivity contribution >= 4 is 58.4 Å². The minimum atomic E-state index is -1.01. The van der Waals surface area contributed by atoms with Gasteiger partial charge in [0.25, 0.3) is 5.91 Å². The number of hydrogen-bond donors (Lipinski definition) is 4. The van der Waals surface area contributed by atoms with Crippen molar-refractivity contribution < 1.29 is 43.2 Å². The summed E-state index contributed by atoms with van der Waals surface area (Å²) in [7, 11) is 0. The molecule has 68 heavy (non-hydrogen) atoms. The predicted molar refractivity (Wildman–Crippen MR) is 255 cm³/mol. The van der Waals surface area contributed by atoms with E-state index >= 15 is 0 Å². The lowest BCUT2D eigenvalue weighted by Crippen LogP contribution is -2.51. The quantitative estimate of drug-likeness (QED) is 0.0745. The normalized spacial score (nSPS) is 18.0. The Hall–Kier alpha value is -6.45. The van der Waals surface area contributed by atoms with Crippen molar-refractivity contribution in [3.05, 3.63) is 90.5 Å². The number of urea groups is 1. The van der Waals surface area contributed by atoms with E-state index in [1.807, 2.05) is 27.7 Å².